The van der Waals surface area contributed by atoms with Crippen molar-refractivity contribution in [1.82, 2.24) is 0 Å². The van der Waals surface area contributed by atoms with Crippen LogP contribution in [0.1, 0.15) is 49.2 Å². The van der Waals surface area contributed by atoms with Gasteiger partial charge < -0.3 is 5.73 Å². The van der Waals surface area contributed by atoms with E-state index in [0.29, 0.717) is 5.25 Å². The Labute approximate surface area is 121 Å². The second-order valence-corrected chi connectivity index (χ2v) is 8.76. The Morgan fingerprint density at radius 2 is 2.06 bits per heavy atom. The topological polar surface area (TPSA) is 26.0 Å². The highest BCUT2D eigenvalue weighted by molar-refractivity contribution is 9.11. The SMILES string of the molecule is CC(N)C(SC1CCCCC1)c1ccc(Br)s1. The van der Waals surface area contributed by atoms with E-state index in [1.54, 1.807) is 0 Å². The van der Waals surface area contributed by atoms with E-state index in [2.05, 4.69) is 46.7 Å². The highest BCUT2D eigenvalue weighted by Crippen LogP contribution is 2.42. The lowest BCUT2D eigenvalue weighted by Gasteiger charge is -2.27. The molecule has 0 aliphatic heterocycles. The van der Waals surface area contributed by atoms with Gasteiger partial charge in [0, 0.05) is 16.2 Å². The predicted molar refractivity (Wildman–Crippen MR) is 82.9 cm³/mol. The third-order valence-corrected chi connectivity index (χ3v) is 6.93. The van der Waals surface area contributed by atoms with E-state index >= 15 is 0 Å². The third-order valence-electron chi connectivity index (χ3n) is 3.24. The fourth-order valence-electron chi connectivity index (χ4n) is 2.34. The van der Waals surface area contributed by atoms with E-state index in [0.717, 1.165) is 5.25 Å². The molecule has 96 valence electrons. The average Bonchev–Trinajstić information content (AvgIpc) is 2.73. The van der Waals surface area contributed by atoms with Crippen LogP contribution in [0.5, 0.6) is 0 Å². The van der Waals surface area contributed by atoms with Crippen LogP contribution in [0.2, 0.25) is 0 Å². The molecule has 0 amide bonds. The molecule has 2 atom stereocenters. The van der Waals surface area contributed by atoms with Crippen LogP contribution in [-0.2, 0) is 0 Å². The van der Waals surface area contributed by atoms with Crippen LogP contribution >= 0.6 is 39.0 Å². The zero-order valence-electron chi connectivity index (χ0n) is 10.2. The number of rotatable bonds is 4. The summed E-state index contributed by atoms with van der Waals surface area (Å²) in [6.45, 7) is 2.13. The lowest BCUT2D eigenvalue weighted by Crippen LogP contribution is -2.24. The monoisotopic (exact) mass is 333 g/mol. The van der Waals surface area contributed by atoms with Crippen molar-refractivity contribution < 1.29 is 0 Å². The van der Waals surface area contributed by atoms with Crippen LogP contribution in [0, 0.1) is 0 Å². The first-order valence-corrected chi connectivity index (χ1v) is 8.88. The summed E-state index contributed by atoms with van der Waals surface area (Å²) in [6, 6.07) is 4.59. The Hall–Kier alpha value is 0.490. The largest absolute Gasteiger partial charge is 0.327 e. The molecule has 0 radical (unpaired) electrons. The minimum Gasteiger partial charge on any atom is -0.327 e. The Morgan fingerprint density at radius 1 is 1.35 bits per heavy atom. The van der Waals surface area contributed by atoms with Gasteiger partial charge in [-0.1, -0.05) is 19.3 Å². The van der Waals surface area contributed by atoms with Crippen molar-refractivity contribution in [2.75, 3.05) is 0 Å². The van der Waals surface area contributed by atoms with E-state index in [1.807, 2.05) is 11.3 Å². The lowest BCUT2D eigenvalue weighted by atomic mass is 10.0. The van der Waals surface area contributed by atoms with Crippen molar-refractivity contribution >= 4 is 39.0 Å². The first kappa shape index (κ1) is 13.9. The van der Waals surface area contributed by atoms with E-state index in [1.165, 1.54) is 40.8 Å². The molecule has 1 aromatic rings. The minimum absolute atomic E-state index is 0.229. The number of thioether (sulfide) groups is 1. The van der Waals surface area contributed by atoms with Crippen LogP contribution in [-0.4, -0.2) is 11.3 Å². The summed E-state index contributed by atoms with van der Waals surface area (Å²) in [5, 5.41) is 1.29. The molecule has 2 N–H and O–H groups in total. The van der Waals surface area contributed by atoms with Crippen molar-refractivity contribution in [3.63, 3.8) is 0 Å². The molecule has 1 aromatic heterocycles. The number of thiophene rings is 1. The summed E-state index contributed by atoms with van der Waals surface area (Å²) in [5.41, 5.74) is 6.17. The van der Waals surface area contributed by atoms with E-state index < -0.39 is 0 Å². The number of nitrogens with two attached hydrogens (primary N) is 1. The number of hydrogen-bond acceptors (Lipinski definition) is 3. The Bertz CT molecular complexity index is 345. The van der Waals surface area contributed by atoms with E-state index in [9.17, 15) is 0 Å². The van der Waals surface area contributed by atoms with Gasteiger partial charge in [-0.2, -0.15) is 0 Å². The standard InChI is InChI=1S/C13H20BrNS2/c1-9(15)13(11-7-8-12(14)17-11)16-10-5-3-2-4-6-10/h7-10,13H,2-6,15H2,1H3. The van der Waals surface area contributed by atoms with Gasteiger partial charge in [0.25, 0.3) is 0 Å². The van der Waals surface area contributed by atoms with Gasteiger partial charge in [0.05, 0.1) is 9.04 Å². The number of hydrogen-bond donors (Lipinski definition) is 1. The van der Waals surface area contributed by atoms with Crippen molar-refractivity contribution in [3.8, 4) is 0 Å². The van der Waals surface area contributed by atoms with Crippen molar-refractivity contribution in [1.29, 1.82) is 0 Å². The molecular formula is C13H20BrNS2. The summed E-state index contributed by atoms with van der Waals surface area (Å²) in [4.78, 5) is 1.42. The molecule has 2 rings (SSSR count). The van der Waals surface area contributed by atoms with Gasteiger partial charge in [-0.3, -0.25) is 0 Å². The molecule has 17 heavy (non-hydrogen) atoms. The Morgan fingerprint density at radius 3 is 2.59 bits per heavy atom. The molecule has 4 heteroatoms. The van der Waals surface area contributed by atoms with Gasteiger partial charge in [-0.15, -0.1) is 23.1 Å². The first-order valence-electron chi connectivity index (χ1n) is 6.33. The molecule has 1 nitrogen and oxygen atoms in total. The lowest BCUT2D eigenvalue weighted by molar-refractivity contribution is 0.513. The fraction of sp³-hybridized carbons (Fsp3) is 0.692. The van der Waals surface area contributed by atoms with E-state index in [-0.39, 0.29) is 6.04 Å². The van der Waals surface area contributed by atoms with Crippen LogP contribution in [0.25, 0.3) is 0 Å². The molecule has 1 saturated carbocycles. The normalized spacial score (nSPS) is 21.4. The molecule has 0 saturated heterocycles. The zero-order chi connectivity index (χ0) is 12.3. The minimum atomic E-state index is 0.229. The zero-order valence-corrected chi connectivity index (χ0v) is 13.4. The molecule has 2 unspecified atom stereocenters. The second-order valence-electron chi connectivity index (χ2n) is 4.82. The smallest absolute Gasteiger partial charge is 0.0701 e. The summed E-state index contributed by atoms with van der Waals surface area (Å²) >= 11 is 7.48. The van der Waals surface area contributed by atoms with Crippen molar-refractivity contribution in [2.24, 2.45) is 5.73 Å². The van der Waals surface area contributed by atoms with E-state index in [4.69, 9.17) is 5.73 Å². The molecular weight excluding hydrogens is 314 g/mol. The summed E-state index contributed by atoms with van der Waals surface area (Å²) in [5.74, 6) is 0. The molecule has 1 aliphatic carbocycles. The van der Waals surface area contributed by atoms with Crippen molar-refractivity contribution in [2.45, 2.75) is 55.6 Å². The van der Waals surface area contributed by atoms with Crippen molar-refractivity contribution in [3.05, 3.63) is 20.8 Å². The molecule has 1 aliphatic rings. The summed E-state index contributed by atoms with van der Waals surface area (Å²) < 4.78 is 1.21. The molecule has 0 aromatic carbocycles. The maximum absolute atomic E-state index is 6.17. The predicted octanol–water partition coefficient (Wildman–Crippen LogP) is 4.96. The quantitative estimate of drug-likeness (QED) is 0.842. The van der Waals surface area contributed by atoms with Gasteiger partial charge >= 0.3 is 0 Å². The van der Waals surface area contributed by atoms with Gasteiger partial charge in [-0.05, 0) is 47.8 Å². The van der Waals surface area contributed by atoms with Crippen LogP contribution in [0.4, 0.5) is 0 Å². The average molecular weight is 334 g/mol. The molecule has 1 heterocycles. The molecule has 0 spiro atoms. The number of halogens is 1. The molecule has 0 bridgehead atoms. The summed E-state index contributed by atoms with van der Waals surface area (Å²) in [7, 11) is 0. The van der Waals surface area contributed by atoms with Gasteiger partial charge in [0.15, 0.2) is 0 Å². The third kappa shape index (κ3) is 3.98. The first-order chi connectivity index (χ1) is 8.16. The van der Waals surface area contributed by atoms with Gasteiger partial charge in [0.2, 0.25) is 0 Å². The van der Waals surface area contributed by atoms with Gasteiger partial charge in [-0.25, -0.2) is 0 Å². The summed E-state index contributed by atoms with van der Waals surface area (Å²) in [6.07, 6.45) is 6.97. The molecule has 1 fully saturated rings. The van der Waals surface area contributed by atoms with Crippen LogP contribution in [0.15, 0.2) is 15.9 Å². The fourth-order valence-corrected chi connectivity index (χ4v) is 5.65. The Balaban J connectivity index is 2.01. The van der Waals surface area contributed by atoms with Gasteiger partial charge in [0.1, 0.15) is 0 Å². The highest BCUT2D eigenvalue weighted by atomic mass is 79.9. The second kappa shape index (κ2) is 6.60. The highest BCUT2D eigenvalue weighted by Gasteiger charge is 2.24. The van der Waals surface area contributed by atoms with Crippen LogP contribution < -0.4 is 5.73 Å². The maximum atomic E-state index is 6.17. The Kier molecular flexibility index (Phi) is 5.40. The van der Waals surface area contributed by atoms with Crippen LogP contribution in [0.3, 0.4) is 0 Å². The maximum Gasteiger partial charge on any atom is 0.0701 e.